The zero-order chi connectivity index (χ0) is 21.2. The predicted octanol–water partition coefficient (Wildman–Crippen LogP) is 3.85. The van der Waals surface area contributed by atoms with Crippen molar-refractivity contribution < 1.29 is 36.8 Å². The Morgan fingerprint density at radius 1 is 1.39 bits per heavy atom. The van der Waals surface area contributed by atoms with Crippen molar-refractivity contribution in [2.75, 3.05) is 6.61 Å². The number of nitrogens with zero attached hydrogens (tertiary/aromatic N) is 1. The quantitative estimate of drug-likeness (QED) is 0.517. The minimum atomic E-state index is -4.11. The zero-order valence-corrected chi connectivity index (χ0v) is 15.9. The van der Waals surface area contributed by atoms with Crippen molar-refractivity contribution >= 4 is 35.1 Å². The lowest BCUT2D eigenvalue weighted by atomic mass is 10.0. The van der Waals surface area contributed by atoms with Gasteiger partial charge in [0.15, 0.2) is 6.10 Å². The van der Waals surface area contributed by atoms with Gasteiger partial charge in [-0.05, 0) is 37.6 Å². The van der Waals surface area contributed by atoms with Crippen LogP contribution in [0.15, 0.2) is 16.7 Å². The summed E-state index contributed by atoms with van der Waals surface area (Å²) in [6.45, 7) is 3.05. The maximum absolute atomic E-state index is 14.4. The molecule has 1 heterocycles. The molecule has 12 heteroatoms. The Balaban J connectivity index is 2.55. The number of hydrogen-bond donors (Lipinski definition) is 1. The second-order valence-corrected chi connectivity index (χ2v) is 6.25. The van der Waals surface area contributed by atoms with E-state index in [1.54, 1.807) is 6.92 Å². The summed E-state index contributed by atoms with van der Waals surface area (Å²) in [4.78, 5) is 23.3. The van der Waals surface area contributed by atoms with E-state index in [4.69, 9.17) is 38.4 Å². The fourth-order valence-electron chi connectivity index (χ4n) is 2.20. The minimum Gasteiger partial charge on any atom is -0.477 e. The number of amides is 1. The van der Waals surface area contributed by atoms with Crippen LogP contribution in [-0.2, 0) is 14.9 Å². The van der Waals surface area contributed by atoms with Gasteiger partial charge in [-0.3, -0.25) is 4.79 Å². The van der Waals surface area contributed by atoms with Gasteiger partial charge in [0, 0.05) is 5.56 Å². The number of benzene rings is 1. The van der Waals surface area contributed by atoms with Gasteiger partial charge < -0.3 is 19.7 Å². The standard InChI is InChI=1S/C16H13Cl2F3N2O5/c1-3-26-15(25)6(2)27-10-4-7(9(19)5-8(10)17)12-11(14(22)24)13(28-23-12)16(18,20)21/h4-6H,3H2,1-2H3,(H2,22,24). The van der Waals surface area contributed by atoms with E-state index in [1.807, 2.05) is 0 Å². The highest BCUT2D eigenvalue weighted by molar-refractivity contribution is 6.32. The lowest BCUT2D eigenvalue weighted by Crippen LogP contribution is -2.26. The third-order valence-electron chi connectivity index (χ3n) is 3.39. The number of halogens is 5. The molecule has 0 spiro atoms. The van der Waals surface area contributed by atoms with Gasteiger partial charge in [-0.2, -0.15) is 8.78 Å². The average molecular weight is 441 g/mol. The smallest absolute Gasteiger partial charge is 0.383 e. The van der Waals surface area contributed by atoms with Crippen molar-refractivity contribution in [2.45, 2.75) is 25.3 Å². The number of alkyl halides is 3. The molecule has 0 saturated carbocycles. The van der Waals surface area contributed by atoms with Crippen LogP contribution < -0.4 is 10.5 Å². The van der Waals surface area contributed by atoms with Crippen molar-refractivity contribution in [1.82, 2.24) is 5.16 Å². The molecule has 0 saturated heterocycles. The van der Waals surface area contributed by atoms with Crippen LogP contribution in [0.4, 0.5) is 13.2 Å². The molecule has 1 unspecified atom stereocenters. The number of carbonyl (C=O) groups is 2. The van der Waals surface area contributed by atoms with Crippen LogP contribution in [-0.4, -0.2) is 29.7 Å². The van der Waals surface area contributed by atoms with E-state index in [0.717, 1.165) is 12.1 Å². The van der Waals surface area contributed by atoms with Gasteiger partial charge in [0.25, 0.3) is 5.91 Å². The number of esters is 1. The Kier molecular flexibility index (Phi) is 6.45. The maximum Gasteiger partial charge on any atom is 0.383 e. The van der Waals surface area contributed by atoms with Gasteiger partial charge in [-0.25, -0.2) is 9.18 Å². The van der Waals surface area contributed by atoms with Crippen molar-refractivity contribution in [2.24, 2.45) is 5.73 Å². The number of nitrogens with two attached hydrogens (primary N) is 1. The SMILES string of the molecule is CCOC(=O)C(C)Oc1cc(-c2noc(C(F)(F)Cl)c2C(N)=O)c(F)cc1Cl. The molecule has 7 nitrogen and oxygen atoms in total. The van der Waals surface area contributed by atoms with Crippen LogP contribution in [0.5, 0.6) is 5.75 Å². The minimum absolute atomic E-state index is 0.102. The van der Waals surface area contributed by atoms with E-state index < -0.39 is 51.8 Å². The van der Waals surface area contributed by atoms with E-state index in [1.165, 1.54) is 6.92 Å². The Morgan fingerprint density at radius 3 is 2.57 bits per heavy atom. The summed E-state index contributed by atoms with van der Waals surface area (Å²) in [5.74, 6) is -4.66. The number of aromatic nitrogens is 1. The van der Waals surface area contributed by atoms with Gasteiger partial charge in [-0.15, -0.1) is 0 Å². The second kappa shape index (κ2) is 8.27. The van der Waals surface area contributed by atoms with Crippen LogP contribution in [0.2, 0.25) is 5.02 Å². The summed E-state index contributed by atoms with van der Waals surface area (Å²) in [7, 11) is 0. The molecule has 152 valence electrons. The molecule has 0 aliphatic carbocycles. The first-order chi connectivity index (χ1) is 13.0. The number of primary amides is 1. The molecule has 0 aliphatic rings. The lowest BCUT2D eigenvalue weighted by Gasteiger charge is -2.15. The molecule has 28 heavy (non-hydrogen) atoms. The summed E-state index contributed by atoms with van der Waals surface area (Å²) in [6, 6.07) is 1.73. The summed E-state index contributed by atoms with van der Waals surface area (Å²) >= 11 is 10.8. The number of hydrogen-bond acceptors (Lipinski definition) is 6. The Hall–Kier alpha value is -2.46. The van der Waals surface area contributed by atoms with Crippen molar-refractivity contribution in [3.05, 3.63) is 34.3 Å². The molecule has 0 fully saturated rings. The highest BCUT2D eigenvalue weighted by Gasteiger charge is 2.40. The lowest BCUT2D eigenvalue weighted by molar-refractivity contribution is -0.150. The summed E-state index contributed by atoms with van der Waals surface area (Å²) in [6.07, 6.45) is -1.12. The summed E-state index contributed by atoms with van der Waals surface area (Å²) in [5, 5.41) is -1.07. The van der Waals surface area contributed by atoms with Crippen LogP contribution >= 0.6 is 23.2 Å². The first kappa shape index (κ1) is 21.8. The fraction of sp³-hybridized carbons (Fsp3) is 0.312. The van der Waals surface area contributed by atoms with Gasteiger partial charge >= 0.3 is 11.4 Å². The first-order valence-corrected chi connectivity index (χ1v) is 8.42. The summed E-state index contributed by atoms with van der Waals surface area (Å²) < 4.78 is 55.7. The van der Waals surface area contributed by atoms with Gasteiger partial charge in [0.1, 0.15) is 22.8 Å². The molecule has 2 N–H and O–H groups in total. The van der Waals surface area contributed by atoms with Crippen LogP contribution in [0.3, 0.4) is 0 Å². The third-order valence-corrected chi connectivity index (χ3v) is 3.86. The molecular formula is C16H13Cl2F3N2O5. The van der Waals surface area contributed by atoms with Gasteiger partial charge in [-0.1, -0.05) is 16.8 Å². The van der Waals surface area contributed by atoms with Crippen molar-refractivity contribution in [1.29, 1.82) is 0 Å². The number of ether oxygens (including phenoxy) is 2. The van der Waals surface area contributed by atoms with E-state index in [-0.39, 0.29) is 17.4 Å². The first-order valence-electron chi connectivity index (χ1n) is 7.66. The molecule has 2 aromatic rings. The van der Waals surface area contributed by atoms with Gasteiger partial charge in [0.05, 0.1) is 11.6 Å². The topological polar surface area (TPSA) is 105 Å². The van der Waals surface area contributed by atoms with E-state index in [2.05, 4.69) is 9.68 Å². The third kappa shape index (κ3) is 4.50. The molecule has 1 atom stereocenters. The number of carbonyl (C=O) groups excluding carboxylic acids is 2. The highest BCUT2D eigenvalue weighted by atomic mass is 35.5. The van der Waals surface area contributed by atoms with Crippen LogP contribution in [0.1, 0.15) is 30.0 Å². The highest BCUT2D eigenvalue weighted by Crippen LogP contribution is 2.40. The molecule has 1 aromatic heterocycles. The maximum atomic E-state index is 14.4. The van der Waals surface area contributed by atoms with Gasteiger partial charge in [0.2, 0.25) is 5.76 Å². The molecule has 0 radical (unpaired) electrons. The fourth-order valence-corrected chi connectivity index (χ4v) is 2.52. The summed E-state index contributed by atoms with van der Waals surface area (Å²) in [5.41, 5.74) is 3.06. The predicted molar refractivity (Wildman–Crippen MR) is 91.9 cm³/mol. The number of rotatable bonds is 7. The van der Waals surface area contributed by atoms with E-state index >= 15 is 0 Å². The molecule has 0 aliphatic heterocycles. The van der Waals surface area contributed by atoms with Crippen LogP contribution in [0, 0.1) is 5.82 Å². The largest absolute Gasteiger partial charge is 0.477 e. The van der Waals surface area contributed by atoms with Crippen molar-refractivity contribution in [3.63, 3.8) is 0 Å². The second-order valence-electron chi connectivity index (χ2n) is 5.37. The van der Waals surface area contributed by atoms with Crippen molar-refractivity contribution in [3.8, 4) is 17.0 Å². The monoisotopic (exact) mass is 440 g/mol. The molecule has 1 amide bonds. The Bertz CT molecular complexity index is 914. The van der Waals surface area contributed by atoms with E-state index in [0.29, 0.717) is 0 Å². The molecule has 2 rings (SSSR count). The molecule has 1 aromatic carbocycles. The Labute approximate surface area is 166 Å². The zero-order valence-electron chi connectivity index (χ0n) is 14.4. The van der Waals surface area contributed by atoms with E-state index in [9.17, 15) is 22.8 Å². The van der Waals surface area contributed by atoms with Crippen LogP contribution in [0.25, 0.3) is 11.3 Å². The molecule has 0 bridgehead atoms. The Morgan fingerprint density at radius 2 is 2.04 bits per heavy atom. The molecular weight excluding hydrogens is 428 g/mol. The average Bonchev–Trinajstić information content (AvgIpc) is 3.02. The normalized spacial score (nSPS) is 12.5.